The van der Waals surface area contributed by atoms with Crippen LogP contribution in [0.2, 0.25) is 0 Å². The molecule has 0 saturated carbocycles. The first-order valence-corrected chi connectivity index (χ1v) is 7.56. The summed E-state index contributed by atoms with van der Waals surface area (Å²) in [6.45, 7) is 6.30. The fourth-order valence-corrected chi connectivity index (χ4v) is 2.83. The Morgan fingerprint density at radius 3 is 2.95 bits per heavy atom. The van der Waals surface area contributed by atoms with Crippen molar-refractivity contribution in [3.8, 4) is 0 Å². The largest absolute Gasteiger partial charge is 0.396 e. The van der Waals surface area contributed by atoms with E-state index in [-0.39, 0.29) is 11.6 Å². The van der Waals surface area contributed by atoms with Crippen molar-refractivity contribution in [2.24, 2.45) is 5.92 Å². The van der Waals surface area contributed by atoms with Gasteiger partial charge in [0.15, 0.2) is 0 Å². The van der Waals surface area contributed by atoms with E-state index in [2.05, 4.69) is 24.1 Å². The van der Waals surface area contributed by atoms with Gasteiger partial charge in [0.25, 0.3) is 0 Å². The second-order valence-electron chi connectivity index (χ2n) is 5.93. The maximum absolute atomic E-state index is 13.1. The van der Waals surface area contributed by atoms with Crippen molar-refractivity contribution in [1.29, 1.82) is 0 Å². The summed E-state index contributed by atoms with van der Waals surface area (Å²) in [6.07, 6.45) is 2.90. The van der Waals surface area contributed by atoms with Gasteiger partial charge in [0.05, 0.1) is 5.69 Å². The number of hydrogen-bond acceptors (Lipinski definition) is 3. The van der Waals surface area contributed by atoms with Gasteiger partial charge in [-0.15, -0.1) is 0 Å². The molecule has 1 saturated heterocycles. The van der Waals surface area contributed by atoms with Crippen molar-refractivity contribution in [3.63, 3.8) is 0 Å². The number of carbonyl (C=O) groups is 1. The third-order valence-electron chi connectivity index (χ3n) is 4.41. The highest BCUT2D eigenvalue weighted by Crippen LogP contribution is 2.23. The molecule has 1 aliphatic rings. The molecule has 5 heteroatoms. The molecule has 1 aromatic rings. The lowest BCUT2D eigenvalue weighted by molar-refractivity contribution is -0.116. The van der Waals surface area contributed by atoms with E-state index in [9.17, 15) is 9.18 Å². The number of hydrogen-bond donors (Lipinski definition) is 2. The second-order valence-corrected chi connectivity index (χ2v) is 5.93. The molecule has 2 unspecified atom stereocenters. The number of benzene rings is 1. The number of nitrogens with two attached hydrogens (primary N) is 1. The molecular formula is C16H24FN3O. The lowest BCUT2D eigenvalue weighted by atomic mass is 9.92. The lowest BCUT2D eigenvalue weighted by Gasteiger charge is -2.37. The zero-order valence-corrected chi connectivity index (χ0v) is 12.7. The van der Waals surface area contributed by atoms with Crippen LogP contribution >= 0.6 is 0 Å². The first-order chi connectivity index (χ1) is 9.97. The number of carbonyl (C=O) groups excluding carboxylic acids is 1. The number of nitrogens with zero attached hydrogens (tertiary/aromatic N) is 1. The molecule has 1 fully saturated rings. The molecule has 1 aromatic carbocycles. The monoisotopic (exact) mass is 293 g/mol. The summed E-state index contributed by atoms with van der Waals surface area (Å²) >= 11 is 0. The molecule has 1 aliphatic heterocycles. The summed E-state index contributed by atoms with van der Waals surface area (Å²) < 4.78 is 13.1. The maximum atomic E-state index is 13.1. The van der Waals surface area contributed by atoms with Crippen LogP contribution in [0.4, 0.5) is 15.8 Å². The van der Waals surface area contributed by atoms with Gasteiger partial charge in [0, 0.05) is 24.7 Å². The molecule has 0 aromatic heterocycles. The van der Waals surface area contributed by atoms with Crippen molar-refractivity contribution in [1.82, 2.24) is 4.90 Å². The number of halogens is 1. The van der Waals surface area contributed by atoms with Gasteiger partial charge < -0.3 is 11.1 Å². The number of rotatable bonds is 4. The first kappa shape index (κ1) is 15.8. The molecular weight excluding hydrogens is 269 g/mol. The van der Waals surface area contributed by atoms with E-state index in [1.54, 1.807) is 0 Å². The van der Waals surface area contributed by atoms with E-state index in [0.717, 1.165) is 13.1 Å². The van der Waals surface area contributed by atoms with Crippen molar-refractivity contribution in [2.75, 3.05) is 24.1 Å². The topological polar surface area (TPSA) is 58.4 Å². The van der Waals surface area contributed by atoms with Gasteiger partial charge in [-0.05, 0) is 50.4 Å². The van der Waals surface area contributed by atoms with Crippen LogP contribution in [-0.4, -0.2) is 29.9 Å². The molecule has 0 radical (unpaired) electrons. The number of nitrogens with one attached hydrogen (secondary N) is 1. The molecule has 0 spiro atoms. The highest BCUT2D eigenvalue weighted by atomic mass is 19.1. The average molecular weight is 293 g/mol. The minimum atomic E-state index is -0.468. The Bertz CT molecular complexity index is 506. The average Bonchev–Trinajstić information content (AvgIpc) is 2.44. The summed E-state index contributed by atoms with van der Waals surface area (Å²) in [7, 11) is 0. The number of piperidine rings is 1. The molecule has 0 bridgehead atoms. The van der Waals surface area contributed by atoms with Crippen LogP contribution in [0.15, 0.2) is 18.2 Å². The summed E-state index contributed by atoms with van der Waals surface area (Å²) in [5, 5.41) is 2.76. The van der Waals surface area contributed by atoms with E-state index >= 15 is 0 Å². The number of amides is 1. The fraction of sp³-hybridized carbons (Fsp3) is 0.562. The van der Waals surface area contributed by atoms with Gasteiger partial charge in [-0.25, -0.2) is 4.39 Å². The predicted octanol–water partition coefficient (Wildman–Crippen LogP) is 2.86. The number of anilines is 2. The Balaban J connectivity index is 1.83. The van der Waals surface area contributed by atoms with Crippen molar-refractivity contribution in [3.05, 3.63) is 24.0 Å². The van der Waals surface area contributed by atoms with Crippen LogP contribution < -0.4 is 11.1 Å². The van der Waals surface area contributed by atoms with Crippen LogP contribution in [-0.2, 0) is 4.79 Å². The molecule has 1 heterocycles. The zero-order valence-electron chi connectivity index (χ0n) is 12.7. The molecule has 4 nitrogen and oxygen atoms in total. The standard InChI is InChI=1S/C16H24FN3O/c1-11-4-3-8-20(12(11)2)9-7-16(21)19-13-5-6-14(17)15(18)10-13/h5-6,10-12H,3-4,7-9,18H2,1-2H3,(H,19,21). The minimum absolute atomic E-state index is 0.0475. The Labute approximate surface area is 125 Å². The maximum Gasteiger partial charge on any atom is 0.225 e. The summed E-state index contributed by atoms with van der Waals surface area (Å²) in [5.74, 6) is 0.147. The zero-order chi connectivity index (χ0) is 15.4. The Morgan fingerprint density at radius 2 is 2.24 bits per heavy atom. The highest BCUT2D eigenvalue weighted by molar-refractivity contribution is 5.91. The van der Waals surface area contributed by atoms with Gasteiger partial charge in [0.2, 0.25) is 5.91 Å². The van der Waals surface area contributed by atoms with Gasteiger partial charge in [-0.3, -0.25) is 9.69 Å². The third kappa shape index (κ3) is 4.17. The van der Waals surface area contributed by atoms with Crippen LogP contribution in [0.25, 0.3) is 0 Å². The molecule has 0 aliphatic carbocycles. The predicted molar refractivity (Wildman–Crippen MR) is 83.5 cm³/mol. The van der Waals surface area contributed by atoms with Gasteiger partial charge in [-0.1, -0.05) is 6.92 Å². The van der Waals surface area contributed by atoms with Crippen molar-refractivity contribution >= 4 is 17.3 Å². The van der Waals surface area contributed by atoms with E-state index < -0.39 is 5.82 Å². The SMILES string of the molecule is CC1CCCN(CCC(=O)Nc2ccc(F)c(N)c2)C1C. The summed E-state index contributed by atoms with van der Waals surface area (Å²) in [5.41, 5.74) is 6.07. The lowest BCUT2D eigenvalue weighted by Crippen LogP contribution is -2.43. The summed E-state index contributed by atoms with van der Waals surface area (Å²) in [4.78, 5) is 14.3. The minimum Gasteiger partial charge on any atom is -0.396 e. The molecule has 1 amide bonds. The second kappa shape index (κ2) is 6.89. The van der Waals surface area contributed by atoms with Crippen LogP contribution in [0.3, 0.4) is 0 Å². The van der Waals surface area contributed by atoms with Crippen LogP contribution in [0.5, 0.6) is 0 Å². The smallest absolute Gasteiger partial charge is 0.225 e. The van der Waals surface area contributed by atoms with Gasteiger partial charge in [-0.2, -0.15) is 0 Å². The number of nitrogen functional groups attached to an aromatic ring is 1. The van der Waals surface area contributed by atoms with E-state index in [1.165, 1.54) is 31.0 Å². The molecule has 116 valence electrons. The Kier molecular flexibility index (Phi) is 5.17. The van der Waals surface area contributed by atoms with E-state index in [4.69, 9.17) is 5.73 Å². The van der Waals surface area contributed by atoms with Gasteiger partial charge >= 0.3 is 0 Å². The Hall–Kier alpha value is -1.62. The quantitative estimate of drug-likeness (QED) is 0.839. The molecule has 2 rings (SSSR count). The molecule has 2 atom stereocenters. The van der Waals surface area contributed by atoms with Gasteiger partial charge in [0.1, 0.15) is 5.82 Å². The molecule has 21 heavy (non-hydrogen) atoms. The van der Waals surface area contributed by atoms with Crippen LogP contribution in [0, 0.1) is 11.7 Å². The highest BCUT2D eigenvalue weighted by Gasteiger charge is 2.24. The summed E-state index contributed by atoms with van der Waals surface area (Å²) in [6, 6.07) is 4.75. The molecule has 3 N–H and O–H groups in total. The van der Waals surface area contributed by atoms with E-state index in [0.29, 0.717) is 24.1 Å². The van der Waals surface area contributed by atoms with Crippen molar-refractivity contribution < 1.29 is 9.18 Å². The van der Waals surface area contributed by atoms with Crippen LogP contribution in [0.1, 0.15) is 33.1 Å². The van der Waals surface area contributed by atoms with E-state index in [1.807, 2.05) is 0 Å². The van der Waals surface area contributed by atoms with Crippen molar-refractivity contribution in [2.45, 2.75) is 39.2 Å². The third-order valence-corrected chi connectivity index (χ3v) is 4.41. The Morgan fingerprint density at radius 1 is 1.48 bits per heavy atom. The fourth-order valence-electron chi connectivity index (χ4n) is 2.83. The normalized spacial score (nSPS) is 23.0. The first-order valence-electron chi connectivity index (χ1n) is 7.56. The number of likely N-dealkylation sites (tertiary alicyclic amines) is 1.